The summed E-state index contributed by atoms with van der Waals surface area (Å²) in [4.78, 5) is 8.79. The number of aryl methyl sites for hydroxylation is 1. The van der Waals surface area contributed by atoms with Gasteiger partial charge in [-0.1, -0.05) is 60.7 Å². The fraction of sp³-hybridized carbons (Fsp3) is 0.0435. The van der Waals surface area contributed by atoms with E-state index in [2.05, 4.69) is 14.7 Å². The van der Waals surface area contributed by atoms with Crippen molar-refractivity contribution in [3.05, 3.63) is 96.6 Å². The quantitative estimate of drug-likeness (QED) is 0.475. The lowest BCUT2D eigenvalue weighted by Gasteiger charge is -2.11. The maximum Gasteiger partial charge on any atom is 0.264 e. The van der Waals surface area contributed by atoms with Crippen LogP contribution in [-0.4, -0.2) is 18.4 Å². The second-order valence-corrected chi connectivity index (χ2v) is 8.30. The Labute approximate surface area is 175 Å². The van der Waals surface area contributed by atoms with Crippen LogP contribution >= 0.6 is 0 Å². The second kappa shape index (κ2) is 8.34. The van der Waals surface area contributed by atoms with E-state index in [0.717, 1.165) is 11.1 Å². The van der Waals surface area contributed by atoms with E-state index < -0.39 is 10.0 Å². The molecule has 4 rings (SSSR count). The molecule has 6 nitrogen and oxygen atoms in total. The highest BCUT2D eigenvalue weighted by molar-refractivity contribution is 7.92. The Kier molecular flexibility index (Phi) is 5.45. The zero-order valence-corrected chi connectivity index (χ0v) is 17.0. The molecule has 30 heavy (non-hydrogen) atoms. The van der Waals surface area contributed by atoms with Crippen LogP contribution in [0.4, 0.5) is 5.95 Å². The van der Waals surface area contributed by atoms with Crippen molar-refractivity contribution in [2.45, 2.75) is 11.8 Å². The molecule has 0 bridgehead atoms. The topological polar surface area (TPSA) is 81.2 Å². The SMILES string of the molecule is Cc1cccc(Oc2cc(-c3ccccc3)nc(NS(=O)(=O)c3ccccc3)n2)c1. The van der Waals surface area contributed by atoms with Gasteiger partial charge in [0.25, 0.3) is 10.0 Å². The van der Waals surface area contributed by atoms with Gasteiger partial charge in [-0.05, 0) is 36.8 Å². The van der Waals surface area contributed by atoms with E-state index in [-0.39, 0.29) is 16.7 Å². The minimum Gasteiger partial charge on any atom is -0.439 e. The monoisotopic (exact) mass is 417 g/mol. The average molecular weight is 417 g/mol. The molecule has 0 saturated carbocycles. The van der Waals surface area contributed by atoms with E-state index >= 15 is 0 Å². The standard InChI is InChI=1S/C23H19N3O3S/c1-17-9-8-12-19(15-17)29-22-16-21(18-10-4-2-5-11-18)24-23(25-22)26-30(27,28)20-13-6-3-7-14-20/h2-16H,1H3,(H,24,25,26). The third-order valence-corrected chi connectivity index (χ3v) is 5.61. The molecular formula is C23H19N3O3S. The molecule has 4 aromatic rings. The zero-order chi connectivity index (χ0) is 21.0. The van der Waals surface area contributed by atoms with Crippen LogP contribution in [0.25, 0.3) is 11.3 Å². The molecule has 1 heterocycles. The number of ether oxygens (including phenoxy) is 1. The van der Waals surface area contributed by atoms with Crippen molar-refractivity contribution in [1.82, 2.24) is 9.97 Å². The molecule has 0 spiro atoms. The van der Waals surface area contributed by atoms with Gasteiger partial charge in [-0.15, -0.1) is 0 Å². The predicted octanol–water partition coefficient (Wildman–Crippen LogP) is 5.05. The van der Waals surface area contributed by atoms with Crippen LogP contribution < -0.4 is 9.46 Å². The molecule has 0 aliphatic carbocycles. The Morgan fingerprint density at radius 2 is 1.50 bits per heavy atom. The minimum absolute atomic E-state index is 0.0668. The highest BCUT2D eigenvalue weighted by atomic mass is 32.2. The zero-order valence-electron chi connectivity index (χ0n) is 16.2. The Morgan fingerprint density at radius 1 is 0.800 bits per heavy atom. The number of hydrogen-bond donors (Lipinski definition) is 1. The van der Waals surface area contributed by atoms with Crippen LogP contribution in [0.5, 0.6) is 11.6 Å². The second-order valence-electron chi connectivity index (χ2n) is 6.62. The van der Waals surface area contributed by atoms with Crippen LogP contribution in [0.1, 0.15) is 5.56 Å². The molecule has 0 amide bonds. The maximum absolute atomic E-state index is 12.7. The van der Waals surface area contributed by atoms with E-state index in [4.69, 9.17) is 4.74 Å². The first kappa shape index (κ1) is 19.6. The molecule has 0 saturated heterocycles. The number of benzene rings is 3. The molecule has 3 aromatic carbocycles. The lowest BCUT2D eigenvalue weighted by Crippen LogP contribution is -2.15. The van der Waals surface area contributed by atoms with Crippen molar-refractivity contribution in [3.8, 4) is 22.9 Å². The molecule has 0 atom stereocenters. The largest absolute Gasteiger partial charge is 0.439 e. The van der Waals surface area contributed by atoms with Gasteiger partial charge < -0.3 is 4.74 Å². The number of sulfonamides is 1. The van der Waals surface area contributed by atoms with E-state index in [0.29, 0.717) is 11.4 Å². The molecule has 7 heteroatoms. The van der Waals surface area contributed by atoms with Crippen LogP contribution in [0, 0.1) is 6.92 Å². The Morgan fingerprint density at radius 3 is 2.20 bits per heavy atom. The first-order chi connectivity index (χ1) is 14.5. The van der Waals surface area contributed by atoms with Gasteiger partial charge in [0.05, 0.1) is 10.6 Å². The molecule has 0 aliphatic heterocycles. The minimum atomic E-state index is -3.84. The first-order valence-corrected chi connectivity index (χ1v) is 10.7. The smallest absolute Gasteiger partial charge is 0.264 e. The van der Waals surface area contributed by atoms with Crippen molar-refractivity contribution < 1.29 is 13.2 Å². The number of anilines is 1. The molecule has 0 unspecified atom stereocenters. The van der Waals surface area contributed by atoms with Crippen LogP contribution in [0.3, 0.4) is 0 Å². The van der Waals surface area contributed by atoms with Gasteiger partial charge in [-0.3, -0.25) is 0 Å². The van der Waals surface area contributed by atoms with E-state index in [1.165, 1.54) is 12.1 Å². The normalized spacial score (nSPS) is 11.1. The van der Waals surface area contributed by atoms with Gasteiger partial charge in [-0.2, -0.15) is 4.98 Å². The Hall–Kier alpha value is -3.71. The molecule has 0 radical (unpaired) electrons. The van der Waals surface area contributed by atoms with Crippen LogP contribution in [0.15, 0.2) is 95.9 Å². The molecule has 1 N–H and O–H groups in total. The summed E-state index contributed by atoms with van der Waals surface area (Å²) in [7, 11) is -3.84. The number of aromatic nitrogens is 2. The summed E-state index contributed by atoms with van der Waals surface area (Å²) in [5.41, 5.74) is 2.39. The van der Waals surface area contributed by atoms with E-state index in [1.54, 1.807) is 24.3 Å². The highest BCUT2D eigenvalue weighted by Gasteiger charge is 2.17. The van der Waals surface area contributed by atoms with Crippen molar-refractivity contribution in [2.75, 3.05) is 4.72 Å². The van der Waals surface area contributed by atoms with Gasteiger partial charge in [0.1, 0.15) is 5.75 Å². The summed E-state index contributed by atoms with van der Waals surface area (Å²) < 4.78 is 33.8. The van der Waals surface area contributed by atoms with E-state index in [9.17, 15) is 8.42 Å². The molecule has 1 aromatic heterocycles. The summed E-state index contributed by atoms with van der Waals surface area (Å²) in [6, 6.07) is 26.7. The number of nitrogens with one attached hydrogen (secondary N) is 1. The lowest BCUT2D eigenvalue weighted by molar-refractivity contribution is 0.462. The maximum atomic E-state index is 12.7. The summed E-state index contributed by atoms with van der Waals surface area (Å²) >= 11 is 0. The summed E-state index contributed by atoms with van der Waals surface area (Å²) in [6.45, 7) is 1.96. The summed E-state index contributed by atoms with van der Waals surface area (Å²) in [6.07, 6.45) is 0. The Bertz CT molecular complexity index is 1260. The van der Waals surface area contributed by atoms with Crippen molar-refractivity contribution in [1.29, 1.82) is 0 Å². The number of nitrogens with zero attached hydrogens (tertiary/aromatic N) is 2. The lowest BCUT2D eigenvalue weighted by atomic mass is 10.1. The van der Waals surface area contributed by atoms with Gasteiger partial charge in [0, 0.05) is 11.6 Å². The molecule has 150 valence electrons. The number of hydrogen-bond acceptors (Lipinski definition) is 5. The first-order valence-electron chi connectivity index (χ1n) is 9.26. The average Bonchev–Trinajstić information content (AvgIpc) is 2.74. The number of rotatable bonds is 6. The van der Waals surface area contributed by atoms with Gasteiger partial charge in [-0.25, -0.2) is 18.1 Å². The summed E-state index contributed by atoms with van der Waals surface area (Å²) in [5.74, 6) is 0.771. The van der Waals surface area contributed by atoms with Crippen LogP contribution in [-0.2, 0) is 10.0 Å². The van der Waals surface area contributed by atoms with Gasteiger partial charge in [0.15, 0.2) is 0 Å². The fourth-order valence-corrected chi connectivity index (χ4v) is 3.82. The third-order valence-electron chi connectivity index (χ3n) is 4.26. The third kappa shape index (κ3) is 4.64. The predicted molar refractivity (Wildman–Crippen MR) is 116 cm³/mol. The fourth-order valence-electron chi connectivity index (χ4n) is 2.86. The molecular weight excluding hydrogens is 398 g/mol. The summed E-state index contributed by atoms with van der Waals surface area (Å²) in [5, 5.41) is 0. The van der Waals surface area contributed by atoms with Crippen molar-refractivity contribution in [3.63, 3.8) is 0 Å². The Balaban J connectivity index is 1.74. The molecule has 0 fully saturated rings. The van der Waals surface area contributed by atoms with Crippen molar-refractivity contribution >= 4 is 16.0 Å². The highest BCUT2D eigenvalue weighted by Crippen LogP contribution is 2.27. The van der Waals surface area contributed by atoms with Crippen LogP contribution in [0.2, 0.25) is 0 Å². The van der Waals surface area contributed by atoms with Gasteiger partial charge in [0.2, 0.25) is 11.8 Å². The van der Waals surface area contributed by atoms with E-state index in [1.807, 2.05) is 61.5 Å². The van der Waals surface area contributed by atoms with Crippen molar-refractivity contribution in [2.24, 2.45) is 0 Å². The molecule has 0 aliphatic rings. The van der Waals surface area contributed by atoms with Gasteiger partial charge >= 0.3 is 0 Å².